The predicted octanol–water partition coefficient (Wildman–Crippen LogP) is 4.45. The largest absolute Gasteiger partial charge is 0.381 e. The van der Waals surface area contributed by atoms with Crippen molar-refractivity contribution in [2.45, 2.75) is 39.7 Å². The van der Waals surface area contributed by atoms with Crippen LogP contribution in [0.15, 0.2) is 48.5 Å². The first-order valence-corrected chi connectivity index (χ1v) is 11.7. The summed E-state index contributed by atoms with van der Waals surface area (Å²) in [6, 6.07) is 17.0. The highest BCUT2D eigenvalue weighted by Gasteiger charge is 2.59. The summed E-state index contributed by atoms with van der Waals surface area (Å²) < 4.78 is 5.97. The molecule has 4 heteroatoms. The van der Waals surface area contributed by atoms with Crippen molar-refractivity contribution < 1.29 is 9.53 Å². The van der Waals surface area contributed by atoms with Gasteiger partial charge in [-0.1, -0.05) is 47.5 Å². The lowest BCUT2D eigenvalue weighted by Crippen LogP contribution is -2.51. The van der Waals surface area contributed by atoms with E-state index in [0.29, 0.717) is 0 Å². The van der Waals surface area contributed by atoms with Crippen molar-refractivity contribution in [2.24, 2.45) is 10.8 Å². The smallest absolute Gasteiger partial charge is 0.253 e. The number of amides is 1. The quantitative estimate of drug-likeness (QED) is 0.738. The van der Waals surface area contributed by atoms with Crippen molar-refractivity contribution in [1.82, 2.24) is 9.80 Å². The summed E-state index contributed by atoms with van der Waals surface area (Å²) in [4.78, 5) is 17.9. The Kier molecular flexibility index (Phi) is 5.39. The van der Waals surface area contributed by atoms with E-state index in [1.54, 1.807) is 0 Å². The second-order valence-corrected chi connectivity index (χ2v) is 10.2. The monoisotopic (exact) mass is 418 g/mol. The van der Waals surface area contributed by atoms with Gasteiger partial charge in [0.05, 0.1) is 6.61 Å². The molecule has 0 saturated carbocycles. The zero-order valence-corrected chi connectivity index (χ0v) is 18.9. The van der Waals surface area contributed by atoms with Gasteiger partial charge >= 0.3 is 0 Å². The second-order valence-electron chi connectivity index (χ2n) is 10.2. The zero-order valence-electron chi connectivity index (χ0n) is 18.9. The van der Waals surface area contributed by atoms with Gasteiger partial charge in [-0.3, -0.25) is 9.69 Å². The second kappa shape index (κ2) is 8.07. The van der Waals surface area contributed by atoms with E-state index in [-0.39, 0.29) is 16.7 Å². The highest BCUT2D eigenvalue weighted by atomic mass is 16.5. The van der Waals surface area contributed by atoms with Crippen LogP contribution in [0, 0.1) is 24.7 Å². The number of benzene rings is 2. The molecule has 0 unspecified atom stereocenters. The topological polar surface area (TPSA) is 32.8 Å². The summed E-state index contributed by atoms with van der Waals surface area (Å²) in [7, 11) is 0. The van der Waals surface area contributed by atoms with Gasteiger partial charge in [-0.25, -0.2) is 0 Å². The number of hydrogen-bond donors (Lipinski definition) is 0. The van der Waals surface area contributed by atoms with Crippen LogP contribution >= 0.6 is 0 Å². The molecule has 2 aromatic rings. The molecule has 0 aromatic heterocycles. The molecule has 2 aromatic carbocycles. The van der Waals surface area contributed by atoms with Crippen molar-refractivity contribution in [1.29, 1.82) is 0 Å². The minimum absolute atomic E-state index is 0.192. The number of piperidine rings is 1. The summed E-state index contributed by atoms with van der Waals surface area (Å²) >= 11 is 0. The number of carbonyl (C=O) groups is 1. The Hall–Kier alpha value is -2.17. The Morgan fingerprint density at radius 1 is 0.935 bits per heavy atom. The molecule has 164 valence electrons. The Morgan fingerprint density at radius 3 is 2.26 bits per heavy atom. The molecule has 3 fully saturated rings. The molecule has 3 aliphatic heterocycles. The molecule has 31 heavy (non-hydrogen) atoms. The molecule has 0 bridgehead atoms. The van der Waals surface area contributed by atoms with Crippen LogP contribution in [0.25, 0.3) is 0 Å². The Morgan fingerprint density at radius 2 is 1.61 bits per heavy atom. The third kappa shape index (κ3) is 3.81. The van der Waals surface area contributed by atoms with E-state index in [2.05, 4.69) is 60.0 Å². The van der Waals surface area contributed by atoms with Gasteiger partial charge in [-0.15, -0.1) is 0 Å². The van der Waals surface area contributed by atoms with E-state index in [1.807, 2.05) is 12.1 Å². The minimum Gasteiger partial charge on any atom is -0.381 e. The van der Waals surface area contributed by atoms with Gasteiger partial charge in [0.25, 0.3) is 5.91 Å². The molecule has 0 radical (unpaired) electrons. The molecule has 0 aliphatic carbocycles. The molecule has 5 rings (SSSR count). The van der Waals surface area contributed by atoms with Crippen LogP contribution in [0.5, 0.6) is 0 Å². The van der Waals surface area contributed by atoms with E-state index < -0.39 is 0 Å². The zero-order chi connectivity index (χ0) is 21.5. The third-order valence-corrected chi connectivity index (χ3v) is 8.01. The first-order chi connectivity index (χ1) is 15.0. The maximum Gasteiger partial charge on any atom is 0.253 e. The number of likely N-dealkylation sites (tertiary alicyclic amines) is 2. The first kappa shape index (κ1) is 20.7. The van der Waals surface area contributed by atoms with Gasteiger partial charge in [0.2, 0.25) is 0 Å². The van der Waals surface area contributed by atoms with Gasteiger partial charge in [-0.2, -0.15) is 0 Å². The highest BCUT2D eigenvalue weighted by Crippen LogP contribution is 2.57. The fourth-order valence-corrected chi connectivity index (χ4v) is 6.46. The third-order valence-electron chi connectivity index (χ3n) is 8.01. The minimum atomic E-state index is 0.192. The molecule has 2 spiro atoms. The van der Waals surface area contributed by atoms with Crippen molar-refractivity contribution in [3.8, 4) is 0 Å². The van der Waals surface area contributed by atoms with Gasteiger partial charge in [-0.05, 0) is 56.2 Å². The van der Waals surface area contributed by atoms with Crippen molar-refractivity contribution in [2.75, 3.05) is 39.4 Å². The van der Waals surface area contributed by atoms with Crippen LogP contribution in [-0.4, -0.2) is 55.1 Å². The fourth-order valence-electron chi connectivity index (χ4n) is 6.46. The van der Waals surface area contributed by atoms with Crippen molar-refractivity contribution in [3.63, 3.8) is 0 Å². The fraction of sp³-hybridized carbons (Fsp3) is 0.519. The predicted molar refractivity (Wildman–Crippen MR) is 123 cm³/mol. The lowest BCUT2D eigenvalue weighted by Gasteiger charge is -2.47. The normalized spacial score (nSPS) is 25.5. The van der Waals surface area contributed by atoms with E-state index in [9.17, 15) is 4.79 Å². The van der Waals surface area contributed by atoms with Crippen LogP contribution in [0.2, 0.25) is 0 Å². The van der Waals surface area contributed by atoms with Crippen LogP contribution in [0.4, 0.5) is 0 Å². The Balaban J connectivity index is 1.32. The van der Waals surface area contributed by atoms with Crippen LogP contribution in [0.1, 0.15) is 46.3 Å². The van der Waals surface area contributed by atoms with E-state index in [1.165, 1.54) is 5.56 Å². The molecule has 1 amide bonds. The lowest BCUT2D eigenvalue weighted by molar-refractivity contribution is 0.00835. The van der Waals surface area contributed by atoms with Crippen molar-refractivity contribution in [3.05, 3.63) is 70.8 Å². The highest BCUT2D eigenvalue weighted by molar-refractivity contribution is 5.94. The number of nitrogens with zero attached hydrogens (tertiary/aromatic N) is 2. The average Bonchev–Trinajstić information content (AvgIpc) is 3.34. The standard InChI is InChI=1S/C27H34N2O2/c1-21-14-22(2)16-24(15-21)25(30)29-11-8-26(9-12-29)18-28(17-23-6-4-3-5-7-23)19-27(26)10-13-31-20-27/h3-7,14-16H,8-13,17-20H2,1-2H3/t27-/m1/s1. The maximum absolute atomic E-state index is 13.2. The number of aryl methyl sites for hydroxylation is 2. The number of ether oxygens (including phenoxy) is 1. The maximum atomic E-state index is 13.2. The molecule has 3 aliphatic rings. The van der Waals surface area contributed by atoms with E-state index in [4.69, 9.17) is 4.74 Å². The Bertz CT molecular complexity index is 921. The van der Waals surface area contributed by atoms with E-state index in [0.717, 1.165) is 81.9 Å². The van der Waals surface area contributed by atoms with Crippen LogP contribution in [-0.2, 0) is 11.3 Å². The number of hydrogen-bond acceptors (Lipinski definition) is 3. The molecular weight excluding hydrogens is 384 g/mol. The molecule has 1 atom stereocenters. The summed E-state index contributed by atoms with van der Waals surface area (Å²) in [6.45, 7) is 10.9. The average molecular weight is 419 g/mol. The summed E-state index contributed by atoms with van der Waals surface area (Å²) in [5, 5.41) is 0. The summed E-state index contributed by atoms with van der Waals surface area (Å²) in [5.41, 5.74) is 5.05. The molecular formula is C27H34N2O2. The Labute approximate surface area is 186 Å². The van der Waals surface area contributed by atoms with Gasteiger partial charge in [0, 0.05) is 50.3 Å². The molecule has 3 heterocycles. The number of rotatable bonds is 3. The first-order valence-electron chi connectivity index (χ1n) is 11.7. The molecule has 0 N–H and O–H groups in total. The number of fused-ring (bicyclic) bond motifs is 1. The number of carbonyl (C=O) groups excluding carboxylic acids is 1. The van der Waals surface area contributed by atoms with Gasteiger partial charge in [0.1, 0.15) is 0 Å². The van der Waals surface area contributed by atoms with Crippen LogP contribution < -0.4 is 0 Å². The molecule has 4 nitrogen and oxygen atoms in total. The van der Waals surface area contributed by atoms with Crippen LogP contribution in [0.3, 0.4) is 0 Å². The van der Waals surface area contributed by atoms with Crippen molar-refractivity contribution >= 4 is 5.91 Å². The lowest BCUT2D eigenvalue weighted by atomic mass is 9.60. The SMILES string of the molecule is Cc1cc(C)cc(C(=O)N2CCC3(CC2)CN(Cc2ccccc2)C[C@@]32CCOC2)c1. The summed E-state index contributed by atoms with van der Waals surface area (Å²) in [6.07, 6.45) is 3.32. The van der Waals surface area contributed by atoms with Gasteiger partial charge in [0.15, 0.2) is 0 Å². The van der Waals surface area contributed by atoms with Gasteiger partial charge < -0.3 is 9.64 Å². The van der Waals surface area contributed by atoms with E-state index >= 15 is 0 Å². The summed E-state index contributed by atoms with van der Waals surface area (Å²) in [5.74, 6) is 0.192. The molecule has 3 saturated heterocycles.